The molecule has 4 rings (SSSR count). The van der Waals surface area contributed by atoms with Crippen LogP contribution in [0.15, 0.2) is 41.9 Å². The zero-order valence-corrected chi connectivity index (χ0v) is 17.2. The average molecular weight is 412 g/mol. The second-order valence-corrected chi connectivity index (χ2v) is 8.19. The first-order valence-corrected chi connectivity index (χ1v) is 10.7. The maximum atomic E-state index is 13.1. The minimum absolute atomic E-state index is 0.00156. The molecule has 0 fully saturated rings. The predicted octanol–water partition coefficient (Wildman–Crippen LogP) is 2.38. The summed E-state index contributed by atoms with van der Waals surface area (Å²) in [5.41, 5.74) is 3.51. The van der Waals surface area contributed by atoms with Crippen LogP contribution in [0.1, 0.15) is 45.3 Å². The van der Waals surface area contributed by atoms with Crippen LogP contribution in [0, 0.1) is 0 Å². The van der Waals surface area contributed by atoms with Gasteiger partial charge in [-0.2, -0.15) is 5.10 Å². The molecule has 0 radical (unpaired) electrons. The van der Waals surface area contributed by atoms with Gasteiger partial charge in [0.2, 0.25) is 0 Å². The molecule has 0 spiro atoms. The highest BCUT2D eigenvalue weighted by atomic mass is 32.1. The zero-order chi connectivity index (χ0) is 20.2. The van der Waals surface area contributed by atoms with Crippen LogP contribution in [-0.4, -0.2) is 43.8 Å². The lowest BCUT2D eigenvalue weighted by Crippen LogP contribution is -2.33. The number of hydrogen-bond donors (Lipinski definition) is 2. The van der Waals surface area contributed by atoms with Crippen molar-refractivity contribution in [1.29, 1.82) is 0 Å². The quantitative estimate of drug-likeness (QED) is 0.624. The van der Waals surface area contributed by atoms with Gasteiger partial charge in [-0.25, -0.2) is 4.98 Å². The van der Waals surface area contributed by atoms with Crippen molar-refractivity contribution in [3.05, 3.63) is 69.4 Å². The number of fused-ring (bicyclic) bond motifs is 1. The summed E-state index contributed by atoms with van der Waals surface area (Å²) in [6.07, 6.45) is 2.62. The Bertz CT molecular complexity index is 955. The number of hydrogen-bond acceptors (Lipinski definition) is 6. The molecular weight excluding hydrogens is 386 g/mol. The summed E-state index contributed by atoms with van der Waals surface area (Å²) in [6.45, 7) is 4.67. The summed E-state index contributed by atoms with van der Waals surface area (Å²) in [5, 5.41) is 20.1. The number of carbonyl (C=O) groups excluding carboxylic acids is 1. The summed E-state index contributed by atoms with van der Waals surface area (Å²) in [7, 11) is 0. The largest absolute Gasteiger partial charge is 0.394 e. The summed E-state index contributed by atoms with van der Waals surface area (Å²) in [5.74, 6) is -0.176. The van der Waals surface area contributed by atoms with E-state index in [1.807, 2.05) is 48.8 Å². The Hall–Kier alpha value is -2.55. The summed E-state index contributed by atoms with van der Waals surface area (Å²) in [6, 6.07) is 9.78. The Balaban J connectivity index is 1.55. The van der Waals surface area contributed by atoms with Gasteiger partial charge in [0.05, 0.1) is 25.7 Å². The van der Waals surface area contributed by atoms with E-state index in [0.717, 1.165) is 41.3 Å². The van der Waals surface area contributed by atoms with Gasteiger partial charge in [0.1, 0.15) is 5.01 Å². The van der Waals surface area contributed by atoms with E-state index in [1.165, 1.54) is 0 Å². The molecule has 1 aromatic carbocycles. The lowest BCUT2D eigenvalue weighted by atomic mass is 10.0. The van der Waals surface area contributed by atoms with Crippen LogP contribution in [-0.2, 0) is 26.1 Å². The van der Waals surface area contributed by atoms with E-state index in [4.69, 9.17) is 0 Å². The molecule has 2 aromatic heterocycles. The molecule has 1 atom stereocenters. The third-order valence-electron chi connectivity index (χ3n) is 5.23. The van der Waals surface area contributed by atoms with Crippen molar-refractivity contribution in [1.82, 2.24) is 25.0 Å². The predicted molar refractivity (Wildman–Crippen MR) is 112 cm³/mol. The number of aromatic nitrogens is 3. The number of benzene rings is 1. The van der Waals surface area contributed by atoms with Crippen LogP contribution in [0.4, 0.5) is 0 Å². The van der Waals surface area contributed by atoms with Crippen molar-refractivity contribution in [2.75, 3.05) is 13.2 Å². The van der Waals surface area contributed by atoms with Crippen molar-refractivity contribution in [2.45, 2.75) is 39.0 Å². The number of rotatable bonds is 7. The fourth-order valence-corrected chi connectivity index (χ4v) is 4.41. The molecular formula is C21H25N5O2S. The zero-order valence-electron chi connectivity index (χ0n) is 16.4. The lowest BCUT2D eigenvalue weighted by Gasteiger charge is -2.27. The van der Waals surface area contributed by atoms with E-state index in [0.29, 0.717) is 18.8 Å². The first-order chi connectivity index (χ1) is 14.2. The fraction of sp³-hybridized carbons (Fsp3) is 0.381. The molecule has 1 aliphatic rings. The van der Waals surface area contributed by atoms with E-state index in [-0.39, 0.29) is 18.6 Å². The number of nitrogens with one attached hydrogen (secondary N) is 1. The SMILES string of the molecule is C[C@@H](NC(=O)c1nn(CCO)c2c1CN(Cc1nccs1)CC2)c1ccccc1. The number of carbonyl (C=O) groups is 1. The van der Waals surface area contributed by atoms with Gasteiger partial charge < -0.3 is 10.4 Å². The molecule has 1 aliphatic heterocycles. The monoisotopic (exact) mass is 411 g/mol. The summed E-state index contributed by atoms with van der Waals surface area (Å²) < 4.78 is 1.79. The van der Waals surface area contributed by atoms with Crippen LogP contribution < -0.4 is 5.32 Å². The van der Waals surface area contributed by atoms with Gasteiger partial charge in [-0.05, 0) is 12.5 Å². The van der Waals surface area contributed by atoms with Gasteiger partial charge in [-0.1, -0.05) is 30.3 Å². The highest BCUT2D eigenvalue weighted by Crippen LogP contribution is 2.25. The van der Waals surface area contributed by atoms with E-state index in [9.17, 15) is 9.90 Å². The highest BCUT2D eigenvalue weighted by molar-refractivity contribution is 7.09. The Labute approximate surface area is 174 Å². The van der Waals surface area contributed by atoms with Gasteiger partial charge >= 0.3 is 0 Å². The smallest absolute Gasteiger partial charge is 0.272 e. The maximum Gasteiger partial charge on any atom is 0.272 e. The third-order valence-corrected chi connectivity index (χ3v) is 5.99. The molecule has 8 heteroatoms. The van der Waals surface area contributed by atoms with Crippen LogP contribution >= 0.6 is 11.3 Å². The van der Waals surface area contributed by atoms with Gasteiger partial charge in [-0.3, -0.25) is 14.4 Å². The topological polar surface area (TPSA) is 83.3 Å². The molecule has 29 heavy (non-hydrogen) atoms. The van der Waals surface area contributed by atoms with Crippen LogP contribution in [0.2, 0.25) is 0 Å². The number of thiazole rings is 1. The highest BCUT2D eigenvalue weighted by Gasteiger charge is 2.29. The van der Waals surface area contributed by atoms with E-state index >= 15 is 0 Å². The summed E-state index contributed by atoms with van der Waals surface area (Å²) >= 11 is 1.64. The maximum absolute atomic E-state index is 13.1. The van der Waals surface area contributed by atoms with E-state index < -0.39 is 0 Å². The number of nitrogens with zero attached hydrogens (tertiary/aromatic N) is 4. The van der Waals surface area contributed by atoms with Gasteiger partial charge in [-0.15, -0.1) is 11.3 Å². The fourth-order valence-electron chi connectivity index (χ4n) is 3.76. The molecule has 3 aromatic rings. The minimum Gasteiger partial charge on any atom is -0.394 e. The summed E-state index contributed by atoms with van der Waals surface area (Å²) in [4.78, 5) is 19.7. The Morgan fingerprint density at radius 2 is 2.17 bits per heavy atom. The van der Waals surface area contributed by atoms with E-state index in [1.54, 1.807) is 16.0 Å². The van der Waals surface area contributed by atoms with E-state index in [2.05, 4.69) is 20.3 Å². The van der Waals surface area contributed by atoms with Crippen LogP contribution in [0.3, 0.4) is 0 Å². The van der Waals surface area contributed by atoms with Crippen molar-refractivity contribution in [3.63, 3.8) is 0 Å². The minimum atomic E-state index is -0.176. The van der Waals surface area contributed by atoms with Gasteiger partial charge in [0.15, 0.2) is 5.69 Å². The van der Waals surface area contributed by atoms with Crippen molar-refractivity contribution >= 4 is 17.2 Å². The molecule has 0 saturated carbocycles. The first-order valence-electron chi connectivity index (χ1n) is 9.81. The standard InChI is InChI=1S/C21H25N5O2S/c1-15(16-5-3-2-4-6-16)23-21(28)20-17-13-25(14-19-22-8-12-29-19)9-7-18(17)26(24-20)10-11-27/h2-6,8,12,15,27H,7,9-11,13-14H2,1H3,(H,23,28)/t15-/m1/s1. The van der Waals surface area contributed by atoms with Crippen LogP contribution in [0.5, 0.6) is 0 Å². The van der Waals surface area contributed by atoms with Crippen molar-refractivity contribution in [3.8, 4) is 0 Å². The third kappa shape index (κ3) is 4.39. The Morgan fingerprint density at radius 1 is 1.34 bits per heavy atom. The molecule has 7 nitrogen and oxygen atoms in total. The van der Waals surface area contributed by atoms with Crippen molar-refractivity contribution < 1.29 is 9.90 Å². The van der Waals surface area contributed by atoms with Gasteiger partial charge in [0.25, 0.3) is 5.91 Å². The average Bonchev–Trinajstić information content (AvgIpc) is 3.37. The molecule has 0 unspecified atom stereocenters. The Morgan fingerprint density at radius 3 is 2.90 bits per heavy atom. The second kappa shape index (κ2) is 8.86. The number of aliphatic hydroxyl groups excluding tert-OH is 1. The molecule has 0 aliphatic carbocycles. The molecule has 1 amide bonds. The van der Waals surface area contributed by atoms with Gasteiger partial charge in [0, 0.05) is 42.3 Å². The number of amides is 1. The lowest BCUT2D eigenvalue weighted by molar-refractivity contribution is 0.0931. The molecule has 0 saturated heterocycles. The first kappa shape index (κ1) is 19.8. The normalized spacial score (nSPS) is 15.1. The van der Waals surface area contributed by atoms with Crippen LogP contribution in [0.25, 0.3) is 0 Å². The molecule has 3 heterocycles. The Kier molecular flexibility index (Phi) is 6.03. The molecule has 152 valence electrons. The number of aliphatic hydroxyl groups is 1. The molecule has 2 N–H and O–H groups in total. The van der Waals surface area contributed by atoms with Crippen molar-refractivity contribution in [2.24, 2.45) is 0 Å². The molecule has 0 bridgehead atoms. The second-order valence-electron chi connectivity index (χ2n) is 7.21.